The molecule has 8 nitrogen and oxygen atoms in total. The minimum atomic E-state index is -0.644. The standard InChI is InChI=1S/C25H23ClN2O6/c1-32-25(31)16-4-2-15(3-5-16)21-20-22(29)18-14-17(26)6-7-19(18)34-23(20)24(30)28(21)9-8-27-10-12-33-13-11-27/h2-7,14,21H,8-13H2,1H3/t21-/m0/s1. The summed E-state index contributed by atoms with van der Waals surface area (Å²) in [7, 11) is 1.32. The topological polar surface area (TPSA) is 89.3 Å². The summed E-state index contributed by atoms with van der Waals surface area (Å²) in [5, 5.41) is 0.734. The first-order valence-corrected chi connectivity index (χ1v) is 11.4. The lowest BCUT2D eigenvalue weighted by molar-refractivity contribution is 0.0314. The van der Waals surface area contributed by atoms with Crippen molar-refractivity contribution in [1.29, 1.82) is 0 Å². The summed E-state index contributed by atoms with van der Waals surface area (Å²) in [6.07, 6.45) is 0. The summed E-state index contributed by atoms with van der Waals surface area (Å²) < 4.78 is 16.1. The normalized spacial score (nSPS) is 18.4. The molecule has 3 heterocycles. The zero-order valence-electron chi connectivity index (χ0n) is 18.6. The van der Waals surface area contributed by atoms with Gasteiger partial charge in [0.15, 0.2) is 5.43 Å². The van der Waals surface area contributed by atoms with Gasteiger partial charge < -0.3 is 18.8 Å². The van der Waals surface area contributed by atoms with Crippen molar-refractivity contribution in [2.75, 3.05) is 46.5 Å². The molecule has 0 unspecified atom stereocenters. The van der Waals surface area contributed by atoms with Crippen molar-refractivity contribution in [2.24, 2.45) is 0 Å². The Morgan fingerprint density at radius 1 is 1.09 bits per heavy atom. The Morgan fingerprint density at radius 2 is 1.82 bits per heavy atom. The zero-order chi connectivity index (χ0) is 23.8. The fraction of sp³-hybridized carbons (Fsp3) is 0.320. The number of amides is 1. The number of esters is 1. The van der Waals surface area contributed by atoms with Gasteiger partial charge in [-0.3, -0.25) is 14.5 Å². The molecule has 176 valence electrons. The molecule has 1 amide bonds. The van der Waals surface area contributed by atoms with Crippen LogP contribution in [-0.2, 0) is 9.47 Å². The molecule has 1 saturated heterocycles. The van der Waals surface area contributed by atoms with Crippen LogP contribution >= 0.6 is 11.6 Å². The highest BCUT2D eigenvalue weighted by atomic mass is 35.5. The smallest absolute Gasteiger partial charge is 0.337 e. The minimum Gasteiger partial charge on any atom is -0.465 e. The van der Waals surface area contributed by atoms with E-state index in [0.717, 1.165) is 13.1 Å². The molecule has 2 aromatic carbocycles. The van der Waals surface area contributed by atoms with Crippen molar-refractivity contribution in [1.82, 2.24) is 9.80 Å². The van der Waals surface area contributed by atoms with Crippen molar-refractivity contribution in [3.63, 3.8) is 0 Å². The quantitative estimate of drug-likeness (QED) is 0.516. The number of ether oxygens (including phenoxy) is 2. The summed E-state index contributed by atoms with van der Waals surface area (Å²) >= 11 is 6.13. The van der Waals surface area contributed by atoms with Gasteiger partial charge in [0.05, 0.1) is 42.9 Å². The number of hydrogen-bond acceptors (Lipinski definition) is 7. The van der Waals surface area contributed by atoms with Gasteiger partial charge in [0.25, 0.3) is 5.91 Å². The largest absolute Gasteiger partial charge is 0.465 e. The van der Waals surface area contributed by atoms with Crippen LogP contribution in [0.25, 0.3) is 11.0 Å². The summed E-state index contributed by atoms with van der Waals surface area (Å²) in [5.41, 5.74) is 1.40. The third-order valence-electron chi connectivity index (χ3n) is 6.34. The summed E-state index contributed by atoms with van der Waals surface area (Å²) in [5.74, 6) is -0.748. The maximum Gasteiger partial charge on any atom is 0.337 e. The van der Waals surface area contributed by atoms with Crippen LogP contribution in [0, 0.1) is 0 Å². The van der Waals surface area contributed by atoms with E-state index < -0.39 is 12.0 Å². The van der Waals surface area contributed by atoms with E-state index in [9.17, 15) is 14.4 Å². The Kier molecular flexibility index (Phi) is 6.12. The van der Waals surface area contributed by atoms with E-state index in [1.54, 1.807) is 47.4 Å². The number of carbonyl (C=O) groups is 2. The number of methoxy groups -OCH3 is 1. The Bertz CT molecular complexity index is 1310. The SMILES string of the molecule is COC(=O)c1ccc([C@H]2c3c(oc4ccc(Cl)cc4c3=O)C(=O)N2CCN2CCOCC2)cc1. The first-order chi connectivity index (χ1) is 16.5. The molecule has 2 aliphatic heterocycles. The Labute approximate surface area is 200 Å². The average molecular weight is 483 g/mol. The number of fused-ring (bicyclic) bond motifs is 2. The Morgan fingerprint density at radius 3 is 2.53 bits per heavy atom. The Hall–Kier alpha value is -3.20. The van der Waals surface area contributed by atoms with E-state index in [-0.39, 0.29) is 22.7 Å². The number of benzene rings is 2. The van der Waals surface area contributed by atoms with E-state index in [1.165, 1.54) is 7.11 Å². The summed E-state index contributed by atoms with van der Waals surface area (Å²) in [6.45, 7) is 3.92. The van der Waals surface area contributed by atoms with E-state index in [0.29, 0.717) is 53.4 Å². The molecule has 0 spiro atoms. The third-order valence-corrected chi connectivity index (χ3v) is 6.57. The predicted molar refractivity (Wildman–Crippen MR) is 125 cm³/mol. The van der Waals surface area contributed by atoms with Crippen molar-refractivity contribution in [3.8, 4) is 0 Å². The number of nitrogens with zero attached hydrogens (tertiary/aromatic N) is 2. The highest BCUT2D eigenvalue weighted by molar-refractivity contribution is 6.31. The highest BCUT2D eigenvalue weighted by Crippen LogP contribution is 2.38. The maximum absolute atomic E-state index is 13.6. The van der Waals surface area contributed by atoms with Gasteiger partial charge in [-0.1, -0.05) is 23.7 Å². The first-order valence-electron chi connectivity index (χ1n) is 11.0. The monoisotopic (exact) mass is 482 g/mol. The fourth-order valence-electron chi connectivity index (χ4n) is 4.56. The van der Waals surface area contributed by atoms with Crippen LogP contribution < -0.4 is 5.43 Å². The molecule has 9 heteroatoms. The van der Waals surface area contributed by atoms with Gasteiger partial charge in [0.2, 0.25) is 5.76 Å². The summed E-state index contributed by atoms with van der Waals surface area (Å²) in [4.78, 5) is 42.8. The van der Waals surface area contributed by atoms with Crippen LogP contribution in [0.1, 0.15) is 38.1 Å². The lowest BCUT2D eigenvalue weighted by atomic mass is 9.97. The van der Waals surface area contributed by atoms with Gasteiger partial charge in [0, 0.05) is 31.2 Å². The van der Waals surface area contributed by atoms with Crippen LogP contribution in [0.3, 0.4) is 0 Å². The number of halogens is 1. The molecular weight excluding hydrogens is 460 g/mol. The predicted octanol–water partition coefficient (Wildman–Crippen LogP) is 3.11. The molecule has 1 atom stereocenters. The minimum absolute atomic E-state index is 0.0452. The Balaban J connectivity index is 1.59. The van der Waals surface area contributed by atoms with Crippen molar-refractivity contribution < 1.29 is 23.5 Å². The second-order valence-electron chi connectivity index (χ2n) is 8.28. The third kappa shape index (κ3) is 3.98. The molecular formula is C25H23ClN2O6. The second-order valence-corrected chi connectivity index (χ2v) is 8.72. The lowest BCUT2D eigenvalue weighted by Gasteiger charge is -2.31. The van der Waals surface area contributed by atoms with Crippen LogP contribution in [0.15, 0.2) is 51.7 Å². The zero-order valence-corrected chi connectivity index (χ0v) is 19.3. The number of morpholine rings is 1. The van der Waals surface area contributed by atoms with Gasteiger partial charge >= 0.3 is 5.97 Å². The molecule has 5 rings (SSSR count). The molecule has 0 saturated carbocycles. The second kappa shape index (κ2) is 9.21. The van der Waals surface area contributed by atoms with Crippen LogP contribution in [0.5, 0.6) is 0 Å². The molecule has 3 aromatic rings. The van der Waals surface area contributed by atoms with Crippen molar-refractivity contribution in [2.45, 2.75) is 6.04 Å². The fourth-order valence-corrected chi connectivity index (χ4v) is 4.74. The van der Waals surface area contributed by atoms with Gasteiger partial charge in [0.1, 0.15) is 5.58 Å². The van der Waals surface area contributed by atoms with Gasteiger partial charge in [-0.25, -0.2) is 4.79 Å². The first kappa shape index (κ1) is 22.6. The molecule has 1 aromatic heterocycles. The molecule has 0 aliphatic carbocycles. The average Bonchev–Trinajstić information content (AvgIpc) is 3.15. The van der Waals surface area contributed by atoms with Gasteiger partial charge in [-0.05, 0) is 35.9 Å². The maximum atomic E-state index is 13.6. The van der Waals surface area contributed by atoms with Crippen molar-refractivity contribution >= 4 is 34.4 Å². The lowest BCUT2D eigenvalue weighted by Crippen LogP contribution is -2.42. The van der Waals surface area contributed by atoms with E-state index in [2.05, 4.69) is 4.90 Å². The molecule has 0 radical (unpaired) electrons. The van der Waals surface area contributed by atoms with Crippen molar-refractivity contribution in [3.05, 3.63) is 80.2 Å². The summed E-state index contributed by atoms with van der Waals surface area (Å²) in [6, 6.07) is 10.9. The number of hydrogen-bond donors (Lipinski definition) is 0. The van der Waals surface area contributed by atoms with Gasteiger partial charge in [-0.2, -0.15) is 0 Å². The molecule has 34 heavy (non-hydrogen) atoms. The van der Waals surface area contributed by atoms with E-state index in [4.69, 9.17) is 25.5 Å². The molecule has 1 fully saturated rings. The van der Waals surface area contributed by atoms with E-state index >= 15 is 0 Å². The molecule has 0 bridgehead atoms. The molecule has 0 N–H and O–H groups in total. The van der Waals surface area contributed by atoms with Crippen LogP contribution in [0.4, 0.5) is 0 Å². The van der Waals surface area contributed by atoms with Gasteiger partial charge in [-0.15, -0.1) is 0 Å². The molecule has 2 aliphatic rings. The number of carbonyl (C=O) groups excluding carboxylic acids is 2. The highest BCUT2D eigenvalue weighted by Gasteiger charge is 2.42. The van der Waals surface area contributed by atoms with Crippen LogP contribution in [-0.4, -0.2) is 68.2 Å². The van der Waals surface area contributed by atoms with E-state index in [1.807, 2.05) is 0 Å². The van der Waals surface area contributed by atoms with Crippen LogP contribution in [0.2, 0.25) is 5.02 Å². The number of rotatable bonds is 5.